The highest BCUT2D eigenvalue weighted by Crippen LogP contribution is 2.28. The summed E-state index contributed by atoms with van der Waals surface area (Å²) in [5, 5.41) is 9.18. The molecule has 5 rings (SSSR count). The smallest absolute Gasteiger partial charge is 0.263 e. The number of nitrogens with one attached hydrogen (secondary N) is 1. The number of fused-ring (bicyclic) bond motifs is 1. The first kappa shape index (κ1) is 23.6. The number of carbonyl (C=O) groups is 1. The third-order valence-corrected chi connectivity index (χ3v) is 8.59. The van der Waals surface area contributed by atoms with E-state index in [0.717, 1.165) is 27.9 Å². The number of nitrogens with zero attached hydrogens (tertiary/aromatic N) is 5. The lowest BCUT2D eigenvalue weighted by atomic mass is 10.2. The molecule has 2 aromatic carbocycles. The van der Waals surface area contributed by atoms with Gasteiger partial charge in [0, 0.05) is 48.5 Å². The Balaban J connectivity index is 1.22. The van der Waals surface area contributed by atoms with E-state index in [4.69, 9.17) is 11.6 Å². The molecule has 0 saturated carbocycles. The van der Waals surface area contributed by atoms with Crippen molar-refractivity contribution in [1.82, 2.24) is 19.7 Å². The molecule has 0 bridgehead atoms. The molecule has 1 saturated heterocycles. The van der Waals surface area contributed by atoms with Gasteiger partial charge >= 0.3 is 0 Å². The number of carbonyl (C=O) groups excluding carboxylic acids is 1. The SMILES string of the molecule is CC(C(=O)N1CCN(c2ccc(S(=O)(=O)Nc3nncs3)cc2)CC1)n1ccc2c(Cl)cccc21. The molecule has 182 valence electrons. The van der Waals surface area contributed by atoms with E-state index in [0.29, 0.717) is 31.2 Å². The molecule has 1 amide bonds. The van der Waals surface area contributed by atoms with Crippen LogP contribution in [0.3, 0.4) is 0 Å². The van der Waals surface area contributed by atoms with Crippen LogP contribution in [0.5, 0.6) is 0 Å². The number of rotatable bonds is 6. The Morgan fingerprint density at radius 1 is 1.09 bits per heavy atom. The van der Waals surface area contributed by atoms with Gasteiger partial charge in [-0.1, -0.05) is 29.0 Å². The van der Waals surface area contributed by atoms with Crippen molar-refractivity contribution >= 4 is 60.6 Å². The second kappa shape index (κ2) is 9.48. The van der Waals surface area contributed by atoms with Gasteiger partial charge in [0.25, 0.3) is 10.0 Å². The number of benzene rings is 2. The van der Waals surface area contributed by atoms with Crippen molar-refractivity contribution in [2.24, 2.45) is 0 Å². The van der Waals surface area contributed by atoms with E-state index in [9.17, 15) is 13.2 Å². The summed E-state index contributed by atoms with van der Waals surface area (Å²) in [6.07, 6.45) is 1.91. The van der Waals surface area contributed by atoms with Crippen LogP contribution in [0.4, 0.5) is 10.8 Å². The van der Waals surface area contributed by atoms with Gasteiger partial charge in [-0.3, -0.25) is 9.52 Å². The van der Waals surface area contributed by atoms with Crippen LogP contribution in [-0.2, 0) is 14.8 Å². The van der Waals surface area contributed by atoms with Crippen molar-refractivity contribution in [3.05, 3.63) is 65.3 Å². The van der Waals surface area contributed by atoms with Crippen molar-refractivity contribution in [1.29, 1.82) is 0 Å². The molecule has 1 aliphatic rings. The first-order valence-electron chi connectivity index (χ1n) is 11.0. The first-order chi connectivity index (χ1) is 16.8. The zero-order valence-corrected chi connectivity index (χ0v) is 21.2. The molecule has 9 nitrogen and oxygen atoms in total. The summed E-state index contributed by atoms with van der Waals surface area (Å²) in [7, 11) is -3.72. The highest BCUT2D eigenvalue weighted by atomic mass is 35.5. The van der Waals surface area contributed by atoms with Crippen LogP contribution in [0.25, 0.3) is 10.9 Å². The fourth-order valence-corrected chi connectivity index (χ4v) is 6.21. The van der Waals surface area contributed by atoms with Crippen molar-refractivity contribution < 1.29 is 13.2 Å². The molecule has 0 aliphatic carbocycles. The van der Waals surface area contributed by atoms with E-state index in [1.165, 1.54) is 5.51 Å². The van der Waals surface area contributed by atoms with Crippen molar-refractivity contribution in [3.8, 4) is 0 Å². The van der Waals surface area contributed by atoms with Gasteiger partial charge in [0.1, 0.15) is 11.6 Å². The molecule has 1 atom stereocenters. The minimum atomic E-state index is -3.72. The number of hydrogen-bond acceptors (Lipinski definition) is 7. The molecular formula is C23H23ClN6O3S2. The number of amides is 1. The third kappa shape index (κ3) is 4.71. The number of hydrogen-bond donors (Lipinski definition) is 1. The summed E-state index contributed by atoms with van der Waals surface area (Å²) < 4.78 is 29.4. The second-order valence-corrected chi connectivity index (χ2v) is 11.2. The summed E-state index contributed by atoms with van der Waals surface area (Å²) >= 11 is 7.40. The Bertz CT molecular complexity index is 1450. The van der Waals surface area contributed by atoms with Gasteiger partial charge in [0.2, 0.25) is 11.0 Å². The molecule has 1 fully saturated rings. The second-order valence-electron chi connectivity index (χ2n) is 8.23. The van der Waals surface area contributed by atoms with Crippen molar-refractivity contribution in [2.75, 3.05) is 35.8 Å². The van der Waals surface area contributed by atoms with Crippen LogP contribution in [0, 0.1) is 0 Å². The van der Waals surface area contributed by atoms with E-state index in [2.05, 4.69) is 19.8 Å². The van der Waals surface area contributed by atoms with Crippen LogP contribution in [0.2, 0.25) is 5.02 Å². The zero-order chi connectivity index (χ0) is 24.6. The number of halogens is 1. The first-order valence-corrected chi connectivity index (χ1v) is 13.8. The van der Waals surface area contributed by atoms with Gasteiger partial charge in [0.15, 0.2) is 0 Å². The topological polar surface area (TPSA) is 100 Å². The maximum Gasteiger partial charge on any atom is 0.263 e. The van der Waals surface area contributed by atoms with E-state index in [1.807, 2.05) is 46.9 Å². The lowest BCUT2D eigenvalue weighted by Gasteiger charge is -2.37. The van der Waals surface area contributed by atoms with E-state index in [-0.39, 0.29) is 22.0 Å². The Kier molecular flexibility index (Phi) is 6.39. The third-order valence-electron chi connectivity index (χ3n) is 6.17. The van der Waals surface area contributed by atoms with E-state index < -0.39 is 10.0 Å². The zero-order valence-electron chi connectivity index (χ0n) is 18.8. The monoisotopic (exact) mass is 530 g/mol. The molecule has 12 heteroatoms. The van der Waals surface area contributed by atoms with Gasteiger partial charge < -0.3 is 14.4 Å². The van der Waals surface area contributed by atoms with Crippen LogP contribution in [0.15, 0.2) is 65.1 Å². The molecule has 3 heterocycles. The minimum Gasteiger partial charge on any atom is -0.368 e. The summed E-state index contributed by atoms with van der Waals surface area (Å²) in [6.45, 7) is 4.39. The molecule has 1 aliphatic heterocycles. The predicted molar refractivity (Wildman–Crippen MR) is 138 cm³/mol. The summed E-state index contributed by atoms with van der Waals surface area (Å²) in [4.78, 5) is 17.4. The lowest BCUT2D eigenvalue weighted by Crippen LogP contribution is -2.50. The van der Waals surface area contributed by atoms with Crippen LogP contribution >= 0.6 is 22.9 Å². The number of aromatic nitrogens is 3. The predicted octanol–water partition coefficient (Wildman–Crippen LogP) is 3.86. The average Bonchev–Trinajstić information content (AvgIpc) is 3.54. The van der Waals surface area contributed by atoms with Crippen molar-refractivity contribution in [2.45, 2.75) is 17.9 Å². The Morgan fingerprint density at radius 3 is 2.51 bits per heavy atom. The molecule has 1 N–H and O–H groups in total. The number of anilines is 2. The normalized spacial score (nSPS) is 15.4. The summed E-state index contributed by atoms with van der Waals surface area (Å²) in [6, 6.07) is 14.0. The molecule has 35 heavy (non-hydrogen) atoms. The van der Waals surface area contributed by atoms with Crippen LogP contribution in [0.1, 0.15) is 13.0 Å². The quantitative estimate of drug-likeness (QED) is 0.406. The highest BCUT2D eigenvalue weighted by Gasteiger charge is 2.27. The molecule has 1 unspecified atom stereocenters. The Hall–Kier alpha value is -3.15. The van der Waals surface area contributed by atoms with Gasteiger partial charge in [-0.25, -0.2) is 8.42 Å². The molecule has 0 spiro atoms. The Labute approximate surface area is 212 Å². The van der Waals surface area contributed by atoms with Crippen molar-refractivity contribution in [3.63, 3.8) is 0 Å². The number of piperazine rings is 1. The summed E-state index contributed by atoms with van der Waals surface area (Å²) in [5.74, 6) is 0.0614. The average molecular weight is 531 g/mol. The van der Waals surface area contributed by atoms with Gasteiger partial charge in [-0.15, -0.1) is 10.2 Å². The Morgan fingerprint density at radius 2 is 1.83 bits per heavy atom. The maximum atomic E-state index is 13.2. The van der Waals surface area contributed by atoms with Gasteiger partial charge in [0.05, 0.1) is 10.4 Å². The molecule has 0 radical (unpaired) electrons. The minimum absolute atomic E-state index is 0.0614. The molecule has 2 aromatic heterocycles. The van der Waals surface area contributed by atoms with E-state index >= 15 is 0 Å². The molecule has 4 aromatic rings. The lowest BCUT2D eigenvalue weighted by molar-refractivity contribution is -0.134. The fraction of sp³-hybridized carbons (Fsp3) is 0.261. The van der Waals surface area contributed by atoms with Crippen LogP contribution in [-0.4, -0.2) is 60.2 Å². The van der Waals surface area contributed by atoms with Crippen LogP contribution < -0.4 is 9.62 Å². The van der Waals surface area contributed by atoms with Gasteiger partial charge in [-0.05, 0) is 49.4 Å². The maximum absolute atomic E-state index is 13.2. The fourth-order valence-electron chi connectivity index (χ4n) is 4.28. The standard InChI is InChI=1S/C23H23ClN6O3S2/c1-16(30-10-9-19-20(24)3-2-4-21(19)30)22(31)29-13-11-28(12-14-29)17-5-7-18(8-6-17)35(32,33)27-23-26-25-15-34-23/h2-10,15-16H,11-14H2,1H3,(H,26,27). The molecular weight excluding hydrogens is 508 g/mol. The largest absolute Gasteiger partial charge is 0.368 e. The highest BCUT2D eigenvalue weighted by molar-refractivity contribution is 7.93. The summed E-state index contributed by atoms with van der Waals surface area (Å²) in [5.41, 5.74) is 3.31. The van der Waals surface area contributed by atoms with Gasteiger partial charge in [-0.2, -0.15) is 0 Å². The van der Waals surface area contributed by atoms with E-state index in [1.54, 1.807) is 24.3 Å². The number of sulfonamides is 1.